The van der Waals surface area contributed by atoms with Crippen molar-refractivity contribution < 1.29 is 9.84 Å². The molecular formula is C10H21NO2. The van der Waals surface area contributed by atoms with E-state index in [0.29, 0.717) is 18.8 Å². The first kappa shape index (κ1) is 11.0. The Balaban J connectivity index is 2.13. The van der Waals surface area contributed by atoms with Gasteiger partial charge in [0.15, 0.2) is 0 Å². The second kappa shape index (κ2) is 5.58. The van der Waals surface area contributed by atoms with Gasteiger partial charge in [0.05, 0.1) is 19.3 Å². The fourth-order valence-corrected chi connectivity index (χ4v) is 1.80. The summed E-state index contributed by atoms with van der Waals surface area (Å²) in [6.07, 6.45) is 2.67. The Bertz CT molecular complexity index is 139. The van der Waals surface area contributed by atoms with E-state index in [4.69, 9.17) is 9.84 Å². The van der Waals surface area contributed by atoms with Gasteiger partial charge in [-0.15, -0.1) is 0 Å². The average molecular weight is 187 g/mol. The van der Waals surface area contributed by atoms with Gasteiger partial charge in [-0.05, 0) is 33.2 Å². The molecule has 0 unspecified atom stereocenters. The molecule has 0 aromatic rings. The quantitative estimate of drug-likeness (QED) is 0.693. The van der Waals surface area contributed by atoms with Crippen LogP contribution in [0.1, 0.15) is 26.7 Å². The summed E-state index contributed by atoms with van der Waals surface area (Å²) in [5, 5.41) is 9.06. The van der Waals surface area contributed by atoms with Gasteiger partial charge in [0.25, 0.3) is 0 Å². The molecule has 3 heteroatoms. The molecule has 1 fully saturated rings. The Hall–Kier alpha value is -0.120. The van der Waals surface area contributed by atoms with Crippen LogP contribution in [0.15, 0.2) is 0 Å². The molecule has 78 valence electrons. The van der Waals surface area contributed by atoms with Crippen molar-refractivity contribution in [3.63, 3.8) is 0 Å². The van der Waals surface area contributed by atoms with Crippen LogP contribution in [0.25, 0.3) is 0 Å². The number of rotatable bonds is 5. The monoisotopic (exact) mass is 187 g/mol. The summed E-state index contributed by atoms with van der Waals surface area (Å²) < 4.78 is 5.47. The van der Waals surface area contributed by atoms with Crippen molar-refractivity contribution in [3.8, 4) is 0 Å². The number of likely N-dealkylation sites (tertiary alicyclic amines) is 1. The lowest BCUT2D eigenvalue weighted by molar-refractivity contribution is 0.0497. The van der Waals surface area contributed by atoms with Crippen LogP contribution >= 0.6 is 0 Å². The van der Waals surface area contributed by atoms with Crippen LogP contribution in [-0.4, -0.2) is 48.5 Å². The standard InChI is InChI=1S/C10H21NO2/c1-9(2)13-7-6-11-5-3-4-10(11)8-12/h9-10,12H,3-8H2,1-2H3/t10-/m0/s1. The minimum Gasteiger partial charge on any atom is -0.395 e. The van der Waals surface area contributed by atoms with Crippen LogP contribution in [0, 0.1) is 0 Å². The summed E-state index contributed by atoms with van der Waals surface area (Å²) in [4.78, 5) is 2.32. The molecule has 1 heterocycles. The van der Waals surface area contributed by atoms with Crippen molar-refractivity contribution in [3.05, 3.63) is 0 Å². The zero-order valence-corrected chi connectivity index (χ0v) is 8.70. The maximum atomic E-state index is 9.06. The second-order valence-electron chi connectivity index (χ2n) is 3.93. The van der Waals surface area contributed by atoms with Gasteiger partial charge >= 0.3 is 0 Å². The van der Waals surface area contributed by atoms with Gasteiger partial charge in [0.1, 0.15) is 0 Å². The van der Waals surface area contributed by atoms with E-state index in [0.717, 1.165) is 26.1 Å². The van der Waals surface area contributed by atoms with Crippen LogP contribution in [0.5, 0.6) is 0 Å². The summed E-state index contributed by atoms with van der Waals surface area (Å²) in [7, 11) is 0. The highest BCUT2D eigenvalue weighted by Gasteiger charge is 2.22. The van der Waals surface area contributed by atoms with Crippen molar-refractivity contribution in [2.45, 2.75) is 38.8 Å². The first-order valence-corrected chi connectivity index (χ1v) is 5.20. The second-order valence-corrected chi connectivity index (χ2v) is 3.93. The molecule has 1 aliphatic rings. The predicted molar refractivity (Wildman–Crippen MR) is 52.8 cm³/mol. The van der Waals surface area contributed by atoms with E-state index in [1.165, 1.54) is 6.42 Å². The van der Waals surface area contributed by atoms with Gasteiger partial charge in [0, 0.05) is 12.6 Å². The van der Waals surface area contributed by atoms with E-state index >= 15 is 0 Å². The minimum absolute atomic E-state index is 0.293. The molecular weight excluding hydrogens is 166 g/mol. The first-order valence-electron chi connectivity index (χ1n) is 5.20. The Morgan fingerprint density at radius 1 is 1.54 bits per heavy atom. The molecule has 3 nitrogen and oxygen atoms in total. The SMILES string of the molecule is CC(C)OCCN1CCC[C@H]1CO. The molecule has 0 spiro atoms. The third-order valence-corrected chi connectivity index (χ3v) is 2.54. The zero-order valence-electron chi connectivity index (χ0n) is 8.70. The van der Waals surface area contributed by atoms with E-state index in [2.05, 4.69) is 4.90 Å². The topological polar surface area (TPSA) is 32.7 Å². The highest BCUT2D eigenvalue weighted by atomic mass is 16.5. The van der Waals surface area contributed by atoms with E-state index < -0.39 is 0 Å². The molecule has 0 aromatic heterocycles. The normalized spacial score (nSPS) is 24.5. The molecule has 1 rings (SSSR count). The summed E-state index contributed by atoms with van der Waals surface area (Å²) in [6, 6.07) is 0.385. The molecule has 0 amide bonds. The number of ether oxygens (including phenoxy) is 1. The van der Waals surface area contributed by atoms with Crippen LogP contribution in [0.4, 0.5) is 0 Å². The Kier molecular flexibility index (Phi) is 4.70. The smallest absolute Gasteiger partial charge is 0.0597 e. The minimum atomic E-state index is 0.293. The summed E-state index contributed by atoms with van der Waals surface area (Å²) in [5.41, 5.74) is 0. The molecule has 0 aromatic carbocycles. The summed E-state index contributed by atoms with van der Waals surface area (Å²) in [5.74, 6) is 0. The number of nitrogens with zero attached hydrogens (tertiary/aromatic N) is 1. The maximum Gasteiger partial charge on any atom is 0.0597 e. The molecule has 0 bridgehead atoms. The summed E-state index contributed by atoms with van der Waals surface area (Å²) >= 11 is 0. The fraction of sp³-hybridized carbons (Fsp3) is 1.00. The number of aliphatic hydroxyl groups excluding tert-OH is 1. The molecule has 13 heavy (non-hydrogen) atoms. The van der Waals surface area contributed by atoms with E-state index in [1.54, 1.807) is 0 Å². The lowest BCUT2D eigenvalue weighted by Crippen LogP contribution is -2.35. The van der Waals surface area contributed by atoms with Gasteiger partial charge < -0.3 is 9.84 Å². The van der Waals surface area contributed by atoms with Crippen LogP contribution in [-0.2, 0) is 4.74 Å². The first-order chi connectivity index (χ1) is 6.24. The molecule has 1 aliphatic heterocycles. The van der Waals surface area contributed by atoms with Gasteiger partial charge in [-0.3, -0.25) is 4.90 Å². The average Bonchev–Trinajstić information content (AvgIpc) is 2.51. The van der Waals surface area contributed by atoms with E-state index in [9.17, 15) is 0 Å². The highest BCUT2D eigenvalue weighted by molar-refractivity contribution is 4.77. The Labute approximate surface area is 80.7 Å². The van der Waals surface area contributed by atoms with Crippen LogP contribution in [0.2, 0.25) is 0 Å². The predicted octanol–water partition coefficient (Wildman–Crippen LogP) is 0.868. The third kappa shape index (κ3) is 3.63. The maximum absolute atomic E-state index is 9.06. The molecule has 0 saturated carbocycles. The molecule has 1 atom stereocenters. The third-order valence-electron chi connectivity index (χ3n) is 2.54. The van der Waals surface area contributed by atoms with E-state index in [1.807, 2.05) is 13.8 Å². The number of hydrogen-bond acceptors (Lipinski definition) is 3. The lowest BCUT2D eigenvalue weighted by atomic mass is 10.2. The van der Waals surface area contributed by atoms with Gasteiger partial charge in [-0.25, -0.2) is 0 Å². The molecule has 0 radical (unpaired) electrons. The lowest BCUT2D eigenvalue weighted by Gasteiger charge is -2.22. The van der Waals surface area contributed by atoms with E-state index in [-0.39, 0.29) is 0 Å². The Morgan fingerprint density at radius 2 is 2.31 bits per heavy atom. The van der Waals surface area contributed by atoms with Crippen molar-refractivity contribution in [2.75, 3.05) is 26.3 Å². The van der Waals surface area contributed by atoms with Gasteiger partial charge in [0.2, 0.25) is 0 Å². The van der Waals surface area contributed by atoms with Gasteiger partial charge in [-0.1, -0.05) is 0 Å². The van der Waals surface area contributed by atoms with Crippen LogP contribution in [0.3, 0.4) is 0 Å². The van der Waals surface area contributed by atoms with Crippen molar-refractivity contribution in [1.82, 2.24) is 4.90 Å². The highest BCUT2D eigenvalue weighted by Crippen LogP contribution is 2.15. The summed E-state index contributed by atoms with van der Waals surface area (Å²) in [6.45, 7) is 7.26. The fourth-order valence-electron chi connectivity index (χ4n) is 1.80. The van der Waals surface area contributed by atoms with Crippen LogP contribution < -0.4 is 0 Å². The molecule has 1 saturated heterocycles. The zero-order chi connectivity index (χ0) is 9.68. The van der Waals surface area contributed by atoms with Crippen molar-refractivity contribution in [1.29, 1.82) is 0 Å². The molecule has 1 N–H and O–H groups in total. The largest absolute Gasteiger partial charge is 0.395 e. The van der Waals surface area contributed by atoms with Crippen molar-refractivity contribution >= 4 is 0 Å². The molecule has 0 aliphatic carbocycles. The van der Waals surface area contributed by atoms with Crippen molar-refractivity contribution in [2.24, 2.45) is 0 Å². The number of aliphatic hydroxyl groups is 1. The Morgan fingerprint density at radius 3 is 2.92 bits per heavy atom. The number of hydrogen-bond donors (Lipinski definition) is 1. The van der Waals surface area contributed by atoms with Gasteiger partial charge in [-0.2, -0.15) is 0 Å².